The zero-order chi connectivity index (χ0) is 15.0. The Balaban J connectivity index is 2.07. The van der Waals surface area contributed by atoms with Gasteiger partial charge in [0.05, 0.1) is 5.56 Å². The number of carboxylic acid groups (broad SMARTS) is 1. The number of anilines is 1. The van der Waals surface area contributed by atoms with Crippen molar-refractivity contribution in [2.24, 2.45) is 10.8 Å². The fourth-order valence-electron chi connectivity index (χ4n) is 3.89. The van der Waals surface area contributed by atoms with E-state index in [4.69, 9.17) is 5.11 Å². The molecule has 0 spiro atoms. The van der Waals surface area contributed by atoms with E-state index in [2.05, 4.69) is 33.0 Å². The van der Waals surface area contributed by atoms with Gasteiger partial charge in [0.15, 0.2) is 0 Å². The van der Waals surface area contributed by atoms with Gasteiger partial charge in [0.25, 0.3) is 0 Å². The smallest absolute Gasteiger partial charge is 0.335 e. The average molecular weight is 275 g/mol. The van der Waals surface area contributed by atoms with Crippen LogP contribution < -0.4 is 5.32 Å². The van der Waals surface area contributed by atoms with Crippen LogP contribution in [0.3, 0.4) is 0 Å². The predicted molar refractivity (Wildman–Crippen MR) is 82.2 cm³/mol. The van der Waals surface area contributed by atoms with Crippen LogP contribution >= 0.6 is 0 Å². The first-order valence-electron chi connectivity index (χ1n) is 7.27. The summed E-state index contributed by atoms with van der Waals surface area (Å²) in [5.74, 6) is -0.878. The molecule has 1 aromatic carbocycles. The van der Waals surface area contributed by atoms with Gasteiger partial charge >= 0.3 is 5.97 Å². The maximum Gasteiger partial charge on any atom is 0.335 e. The summed E-state index contributed by atoms with van der Waals surface area (Å²) in [4.78, 5) is 10.9. The summed E-state index contributed by atoms with van der Waals surface area (Å²) in [6, 6.07) is 7.48. The van der Waals surface area contributed by atoms with Gasteiger partial charge in [-0.05, 0) is 54.4 Å². The van der Waals surface area contributed by atoms with Gasteiger partial charge in [-0.3, -0.25) is 0 Å². The SMILES string of the molecule is CC1(C)CC(Nc2ccc(C(=O)O)cc2)CC(C)(C)C1. The maximum absolute atomic E-state index is 10.9. The van der Waals surface area contributed by atoms with E-state index in [-0.39, 0.29) is 0 Å². The quantitative estimate of drug-likeness (QED) is 0.859. The lowest BCUT2D eigenvalue weighted by molar-refractivity contribution is 0.0697. The second-order valence-corrected chi connectivity index (χ2v) is 7.64. The molecule has 0 atom stereocenters. The van der Waals surface area contributed by atoms with Gasteiger partial charge in [0.2, 0.25) is 0 Å². The van der Waals surface area contributed by atoms with Crippen LogP contribution in [0.4, 0.5) is 5.69 Å². The van der Waals surface area contributed by atoms with Crippen molar-refractivity contribution in [1.29, 1.82) is 0 Å². The van der Waals surface area contributed by atoms with Crippen molar-refractivity contribution in [1.82, 2.24) is 0 Å². The van der Waals surface area contributed by atoms with E-state index in [1.54, 1.807) is 12.1 Å². The predicted octanol–water partition coefficient (Wildman–Crippen LogP) is 4.40. The minimum atomic E-state index is -0.878. The number of nitrogens with one attached hydrogen (secondary N) is 1. The molecular weight excluding hydrogens is 250 g/mol. The summed E-state index contributed by atoms with van der Waals surface area (Å²) < 4.78 is 0. The number of carboxylic acids is 1. The second-order valence-electron chi connectivity index (χ2n) is 7.64. The molecule has 0 amide bonds. The van der Waals surface area contributed by atoms with E-state index >= 15 is 0 Å². The first-order valence-corrected chi connectivity index (χ1v) is 7.27. The highest BCUT2D eigenvalue weighted by Crippen LogP contribution is 2.46. The van der Waals surface area contributed by atoms with Crippen LogP contribution in [-0.2, 0) is 0 Å². The fraction of sp³-hybridized carbons (Fsp3) is 0.588. The van der Waals surface area contributed by atoms with Crippen molar-refractivity contribution in [2.45, 2.75) is 53.0 Å². The molecular formula is C17H25NO2. The molecule has 1 saturated carbocycles. The van der Waals surface area contributed by atoms with E-state index in [1.165, 1.54) is 6.42 Å². The van der Waals surface area contributed by atoms with Crippen LogP contribution in [0.5, 0.6) is 0 Å². The molecule has 1 aromatic rings. The molecule has 0 unspecified atom stereocenters. The Labute approximate surface area is 121 Å². The Morgan fingerprint density at radius 2 is 1.60 bits per heavy atom. The summed E-state index contributed by atoms with van der Waals surface area (Å²) in [7, 11) is 0. The van der Waals surface area contributed by atoms with E-state index in [0.717, 1.165) is 18.5 Å². The fourth-order valence-corrected chi connectivity index (χ4v) is 3.89. The van der Waals surface area contributed by atoms with Crippen LogP contribution in [0.1, 0.15) is 57.3 Å². The molecule has 110 valence electrons. The third kappa shape index (κ3) is 3.75. The number of carbonyl (C=O) groups is 1. The van der Waals surface area contributed by atoms with Gasteiger partial charge in [-0.25, -0.2) is 4.79 Å². The molecule has 0 saturated heterocycles. The zero-order valence-electron chi connectivity index (χ0n) is 12.9. The van der Waals surface area contributed by atoms with Crippen molar-refractivity contribution in [3.63, 3.8) is 0 Å². The lowest BCUT2D eigenvalue weighted by Crippen LogP contribution is -2.40. The summed E-state index contributed by atoms with van der Waals surface area (Å²) in [6.45, 7) is 9.32. The first-order chi connectivity index (χ1) is 9.17. The highest BCUT2D eigenvalue weighted by molar-refractivity contribution is 5.88. The summed E-state index contributed by atoms with van der Waals surface area (Å²) >= 11 is 0. The lowest BCUT2D eigenvalue weighted by Gasteiger charge is -2.45. The molecule has 0 bridgehead atoms. The minimum absolute atomic E-state index is 0.333. The Bertz CT molecular complexity index is 472. The van der Waals surface area contributed by atoms with Gasteiger partial charge in [0.1, 0.15) is 0 Å². The van der Waals surface area contributed by atoms with Gasteiger partial charge in [-0.15, -0.1) is 0 Å². The Hall–Kier alpha value is -1.51. The van der Waals surface area contributed by atoms with E-state index < -0.39 is 5.97 Å². The zero-order valence-corrected chi connectivity index (χ0v) is 12.9. The molecule has 0 heterocycles. The van der Waals surface area contributed by atoms with Crippen LogP contribution in [0, 0.1) is 10.8 Å². The summed E-state index contributed by atoms with van der Waals surface area (Å²) in [5.41, 5.74) is 2.04. The lowest BCUT2D eigenvalue weighted by atomic mass is 9.63. The molecule has 1 aliphatic rings. The van der Waals surface area contributed by atoms with Crippen LogP contribution in [0.15, 0.2) is 24.3 Å². The topological polar surface area (TPSA) is 49.3 Å². The Kier molecular flexibility index (Phi) is 3.81. The van der Waals surface area contributed by atoms with Crippen molar-refractivity contribution in [3.05, 3.63) is 29.8 Å². The molecule has 3 heteroatoms. The Morgan fingerprint density at radius 1 is 1.10 bits per heavy atom. The molecule has 2 N–H and O–H groups in total. The molecule has 2 rings (SSSR count). The van der Waals surface area contributed by atoms with Gasteiger partial charge in [0, 0.05) is 11.7 Å². The highest BCUT2D eigenvalue weighted by Gasteiger charge is 2.38. The molecule has 1 aliphatic carbocycles. The van der Waals surface area contributed by atoms with Crippen molar-refractivity contribution in [2.75, 3.05) is 5.32 Å². The minimum Gasteiger partial charge on any atom is -0.478 e. The Morgan fingerprint density at radius 3 is 2.05 bits per heavy atom. The molecule has 0 radical (unpaired) electrons. The third-order valence-electron chi connectivity index (χ3n) is 4.06. The second kappa shape index (κ2) is 5.12. The van der Waals surface area contributed by atoms with Crippen molar-refractivity contribution >= 4 is 11.7 Å². The average Bonchev–Trinajstić information content (AvgIpc) is 2.25. The molecule has 20 heavy (non-hydrogen) atoms. The standard InChI is InChI=1S/C17H25NO2/c1-16(2)9-14(10-17(3,4)11-16)18-13-7-5-12(6-8-13)15(19)20/h5-8,14,18H,9-11H2,1-4H3,(H,19,20). The third-order valence-corrected chi connectivity index (χ3v) is 4.06. The first kappa shape index (κ1) is 14.9. The van der Waals surface area contributed by atoms with Crippen LogP contribution in [0.2, 0.25) is 0 Å². The monoisotopic (exact) mass is 275 g/mol. The largest absolute Gasteiger partial charge is 0.478 e. The van der Waals surface area contributed by atoms with Crippen LogP contribution in [-0.4, -0.2) is 17.1 Å². The summed E-state index contributed by atoms with van der Waals surface area (Å²) in [5, 5.41) is 12.5. The van der Waals surface area contributed by atoms with Gasteiger partial charge in [-0.1, -0.05) is 27.7 Å². The summed E-state index contributed by atoms with van der Waals surface area (Å²) in [6.07, 6.45) is 3.55. The highest BCUT2D eigenvalue weighted by atomic mass is 16.4. The van der Waals surface area contributed by atoms with E-state index in [1.807, 2.05) is 12.1 Å². The number of aromatic carboxylic acids is 1. The van der Waals surface area contributed by atoms with Crippen LogP contribution in [0.25, 0.3) is 0 Å². The van der Waals surface area contributed by atoms with E-state index in [0.29, 0.717) is 22.4 Å². The van der Waals surface area contributed by atoms with Crippen molar-refractivity contribution in [3.8, 4) is 0 Å². The van der Waals surface area contributed by atoms with Crippen molar-refractivity contribution < 1.29 is 9.90 Å². The molecule has 1 fully saturated rings. The number of benzene rings is 1. The van der Waals surface area contributed by atoms with Gasteiger partial charge in [-0.2, -0.15) is 0 Å². The van der Waals surface area contributed by atoms with Gasteiger partial charge < -0.3 is 10.4 Å². The maximum atomic E-state index is 10.9. The van der Waals surface area contributed by atoms with E-state index in [9.17, 15) is 4.79 Å². The number of rotatable bonds is 3. The molecule has 3 nitrogen and oxygen atoms in total. The number of hydrogen-bond acceptors (Lipinski definition) is 2. The normalized spacial score (nSPS) is 21.4. The molecule has 0 aliphatic heterocycles. The molecule has 0 aromatic heterocycles. The number of hydrogen-bond donors (Lipinski definition) is 2.